The Morgan fingerprint density at radius 3 is 1.03 bits per heavy atom. The van der Waals surface area contributed by atoms with E-state index in [1.807, 2.05) is 0 Å². The summed E-state index contributed by atoms with van der Waals surface area (Å²) in [4.78, 5) is 5.13. The lowest BCUT2D eigenvalue weighted by Crippen LogP contribution is -2.75. The van der Waals surface area contributed by atoms with E-state index in [1.165, 1.54) is 82.4 Å². The van der Waals surface area contributed by atoms with Crippen LogP contribution in [-0.2, 0) is 10.8 Å². The molecule has 292 valence electrons. The first-order valence-corrected chi connectivity index (χ1v) is 23.4. The van der Waals surface area contributed by atoms with E-state index in [4.69, 9.17) is 0 Å². The zero-order valence-corrected chi connectivity index (χ0v) is 36.5. The second-order valence-electron chi connectivity index (χ2n) is 18.6. The summed E-state index contributed by atoms with van der Waals surface area (Å²) in [6.07, 6.45) is 0. The van der Waals surface area contributed by atoms with E-state index < -0.39 is 8.07 Å². The minimum absolute atomic E-state index is 0.0432. The molecule has 0 bridgehead atoms. The van der Waals surface area contributed by atoms with Crippen LogP contribution in [0, 0.1) is 0 Å². The number of fused-ring (bicyclic) bond motifs is 4. The van der Waals surface area contributed by atoms with Crippen molar-refractivity contribution in [2.45, 2.75) is 52.4 Å². The lowest BCUT2D eigenvalue weighted by molar-refractivity contribution is 0.590. The van der Waals surface area contributed by atoms with Crippen LogP contribution in [0.1, 0.15) is 52.7 Å². The van der Waals surface area contributed by atoms with Crippen LogP contribution in [0.2, 0.25) is 0 Å². The van der Waals surface area contributed by atoms with Gasteiger partial charge in [-0.05, 0) is 108 Å². The van der Waals surface area contributed by atoms with Crippen LogP contribution in [0.3, 0.4) is 0 Å². The van der Waals surface area contributed by atoms with E-state index in [1.54, 1.807) is 0 Å². The summed E-state index contributed by atoms with van der Waals surface area (Å²) in [5.74, 6) is 0. The number of benzene rings is 8. The van der Waals surface area contributed by atoms with Gasteiger partial charge in [-0.1, -0.05) is 193 Å². The molecule has 0 atom stereocenters. The maximum absolute atomic E-state index is 2.97. The highest BCUT2D eigenvalue weighted by Gasteiger charge is 2.47. The molecule has 2 heterocycles. The first kappa shape index (κ1) is 37.9. The van der Waals surface area contributed by atoms with Gasteiger partial charge in [-0.25, -0.2) is 0 Å². The highest BCUT2D eigenvalue weighted by atomic mass is 28.3. The van der Waals surface area contributed by atoms with Gasteiger partial charge in [0.05, 0.1) is 0 Å². The Labute approximate surface area is 357 Å². The smallest absolute Gasteiger partial charge is 0.252 e. The van der Waals surface area contributed by atoms with Crippen LogP contribution >= 0.6 is 0 Å². The Morgan fingerprint density at radius 1 is 0.350 bits per heavy atom. The van der Waals surface area contributed by atoms with E-state index in [9.17, 15) is 0 Å². The third kappa shape index (κ3) is 6.08. The molecule has 0 fully saturated rings. The minimum Gasteiger partial charge on any atom is -0.311 e. The molecule has 0 aromatic heterocycles. The summed E-state index contributed by atoms with van der Waals surface area (Å²) < 4.78 is 0. The molecule has 2 aliphatic rings. The van der Waals surface area contributed by atoms with Crippen LogP contribution in [-0.4, -0.2) is 14.8 Å². The van der Waals surface area contributed by atoms with Gasteiger partial charge in [0.25, 0.3) is 6.71 Å². The van der Waals surface area contributed by atoms with Gasteiger partial charge in [0, 0.05) is 34.1 Å². The number of hydrogen-bond acceptors (Lipinski definition) is 2. The highest BCUT2D eigenvalue weighted by Crippen LogP contribution is 2.44. The van der Waals surface area contributed by atoms with Crippen molar-refractivity contribution in [1.82, 2.24) is 0 Å². The van der Waals surface area contributed by atoms with Crippen molar-refractivity contribution in [3.05, 3.63) is 211 Å². The third-order valence-electron chi connectivity index (χ3n) is 12.9. The van der Waals surface area contributed by atoms with Gasteiger partial charge in [-0.2, -0.15) is 0 Å². The zero-order chi connectivity index (χ0) is 41.2. The van der Waals surface area contributed by atoms with Gasteiger partial charge >= 0.3 is 0 Å². The summed E-state index contributed by atoms with van der Waals surface area (Å²) in [5, 5.41) is 5.44. The molecule has 4 heteroatoms. The lowest BCUT2D eigenvalue weighted by atomic mass is 9.33. The fourth-order valence-corrected chi connectivity index (χ4v) is 14.7. The standard InChI is InChI=1S/C56H51BN2Si/c1-55(2,3)40-30-34-42(35-31-40)58-50-28-18-16-26-48(50)57-49-27-17-19-29-51(49)59(43-36-32-41(33-37-43)56(4,5)6)53-39-47(38-52(58)54(53)57)60(44-20-10-7-11-21-44,45-22-12-8-13-23-45)46-24-14-9-15-25-46/h7-39H,1-6H3. The summed E-state index contributed by atoms with van der Waals surface area (Å²) in [5.41, 5.74) is 14.0. The fraction of sp³-hybridized carbons (Fsp3) is 0.143. The predicted octanol–water partition coefficient (Wildman–Crippen LogP) is 9.74. The van der Waals surface area contributed by atoms with Gasteiger partial charge < -0.3 is 9.80 Å². The molecule has 8 aromatic carbocycles. The molecule has 0 radical (unpaired) electrons. The molecule has 8 aromatic rings. The molecule has 2 nitrogen and oxygen atoms in total. The summed E-state index contributed by atoms with van der Waals surface area (Å²) in [6.45, 7) is 13.8. The normalized spacial score (nSPS) is 13.4. The molecule has 2 aliphatic heterocycles. The molecule has 0 unspecified atom stereocenters. The first-order valence-electron chi connectivity index (χ1n) is 21.4. The Kier molecular flexibility index (Phi) is 9.11. The van der Waals surface area contributed by atoms with Crippen molar-refractivity contribution in [1.29, 1.82) is 0 Å². The van der Waals surface area contributed by atoms with Gasteiger partial charge in [0.1, 0.15) is 0 Å². The number of rotatable bonds is 6. The van der Waals surface area contributed by atoms with Crippen LogP contribution in [0.5, 0.6) is 0 Å². The molecular formula is C56H51BN2Si. The second-order valence-corrected chi connectivity index (χ2v) is 22.4. The molecule has 0 aliphatic carbocycles. The highest BCUT2D eigenvalue weighted by molar-refractivity contribution is 7.20. The van der Waals surface area contributed by atoms with Crippen LogP contribution in [0.4, 0.5) is 34.1 Å². The van der Waals surface area contributed by atoms with E-state index in [2.05, 4.69) is 252 Å². The Morgan fingerprint density at radius 2 is 0.683 bits per heavy atom. The lowest BCUT2D eigenvalue weighted by Gasteiger charge is -2.45. The molecule has 0 N–H and O–H groups in total. The molecule has 0 saturated carbocycles. The number of para-hydroxylation sites is 2. The number of anilines is 6. The van der Waals surface area contributed by atoms with Crippen molar-refractivity contribution in [2.75, 3.05) is 9.80 Å². The number of hydrogen-bond donors (Lipinski definition) is 0. The van der Waals surface area contributed by atoms with Crippen molar-refractivity contribution in [3.63, 3.8) is 0 Å². The van der Waals surface area contributed by atoms with Crippen LogP contribution in [0.15, 0.2) is 200 Å². The molecule has 10 rings (SSSR count). The molecule has 0 saturated heterocycles. The van der Waals surface area contributed by atoms with Gasteiger partial charge in [0.2, 0.25) is 0 Å². The zero-order valence-electron chi connectivity index (χ0n) is 35.5. The van der Waals surface area contributed by atoms with Gasteiger partial charge in [0.15, 0.2) is 8.07 Å². The topological polar surface area (TPSA) is 6.48 Å². The molecule has 0 amide bonds. The molecular weight excluding hydrogens is 740 g/mol. The van der Waals surface area contributed by atoms with Crippen LogP contribution in [0.25, 0.3) is 0 Å². The monoisotopic (exact) mass is 790 g/mol. The maximum Gasteiger partial charge on any atom is 0.252 e. The van der Waals surface area contributed by atoms with E-state index in [0.717, 1.165) is 0 Å². The maximum atomic E-state index is 2.59. The second kappa shape index (κ2) is 14.4. The van der Waals surface area contributed by atoms with E-state index in [-0.39, 0.29) is 17.5 Å². The quantitative estimate of drug-likeness (QED) is 0.122. The van der Waals surface area contributed by atoms with Crippen molar-refractivity contribution < 1.29 is 0 Å². The van der Waals surface area contributed by atoms with Crippen molar-refractivity contribution in [2.24, 2.45) is 0 Å². The van der Waals surface area contributed by atoms with E-state index in [0.29, 0.717) is 0 Å². The summed E-state index contributed by atoms with van der Waals surface area (Å²) in [7, 11) is -2.97. The first-order chi connectivity index (χ1) is 29.0. The Bertz CT molecular complexity index is 2600. The third-order valence-corrected chi connectivity index (χ3v) is 17.7. The van der Waals surface area contributed by atoms with Gasteiger partial charge in [-0.3, -0.25) is 0 Å². The predicted molar refractivity (Wildman–Crippen MR) is 261 cm³/mol. The SMILES string of the molecule is CC(C)(C)c1ccc(N2c3ccccc3B3c4ccccc4N(c4ccc(C(C)(C)C)cc4)c4cc([Si](c5ccccc5)(c5ccccc5)c5ccccc5)cc2c43)cc1. The van der Waals surface area contributed by atoms with E-state index >= 15 is 0 Å². The minimum atomic E-state index is -2.97. The van der Waals surface area contributed by atoms with Crippen LogP contribution < -0.4 is 46.9 Å². The van der Waals surface area contributed by atoms with Crippen molar-refractivity contribution >= 4 is 86.0 Å². The number of nitrogens with zero attached hydrogens (tertiary/aromatic N) is 2. The average Bonchev–Trinajstić information content (AvgIpc) is 3.27. The van der Waals surface area contributed by atoms with Gasteiger partial charge in [-0.15, -0.1) is 0 Å². The Balaban J connectivity index is 1.36. The fourth-order valence-electron chi connectivity index (χ4n) is 9.96. The Hall–Kier alpha value is -6.36. The summed E-state index contributed by atoms with van der Waals surface area (Å²) >= 11 is 0. The molecule has 60 heavy (non-hydrogen) atoms. The average molecular weight is 791 g/mol. The summed E-state index contributed by atoms with van der Waals surface area (Å²) in [6, 6.07) is 76.1. The molecule has 0 spiro atoms. The largest absolute Gasteiger partial charge is 0.311 e. The van der Waals surface area contributed by atoms with Crippen molar-refractivity contribution in [3.8, 4) is 0 Å².